The summed E-state index contributed by atoms with van der Waals surface area (Å²) in [6, 6.07) is 60.3. The lowest BCUT2D eigenvalue weighted by Gasteiger charge is -2.35. The summed E-state index contributed by atoms with van der Waals surface area (Å²) in [6.07, 6.45) is 12.5. The van der Waals surface area contributed by atoms with E-state index in [2.05, 4.69) is 75.9 Å². The molecule has 4 amide bonds. The van der Waals surface area contributed by atoms with Gasteiger partial charge in [-0.3, -0.25) is 19.2 Å². The molecule has 0 aromatic heterocycles. The van der Waals surface area contributed by atoms with Gasteiger partial charge in [0, 0.05) is 45.3 Å². The van der Waals surface area contributed by atoms with Gasteiger partial charge in [0.05, 0.1) is 46.6 Å². The van der Waals surface area contributed by atoms with E-state index in [1.165, 1.54) is 0 Å². The Kier molecular flexibility index (Phi) is 26.5. The largest absolute Gasteiger partial charge is 1.00 e. The predicted octanol–water partition coefficient (Wildman–Crippen LogP) is 6.99. The average molecular weight is 1130 g/mol. The predicted molar refractivity (Wildman–Crippen MR) is 309 cm³/mol. The highest BCUT2D eigenvalue weighted by Crippen LogP contribution is 2.56. The molecule has 0 spiro atoms. The zero-order chi connectivity index (χ0) is 54.4. The number of halogens is 1. The Morgan fingerprint density at radius 1 is 0.372 bits per heavy atom. The Balaban J connectivity index is 0.0000112. The van der Waals surface area contributed by atoms with E-state index < -0.39 is 12.8 Å². The van der Waals surface area contributed by atoms with Crippen molar-refractivity contribution in [3.8, 4) is 18.2 Å². The lowest BCUT2D eigenvalue weighted by Crippen LogP contribution is -3.00. The number of hydrogen-bond acceptors (Lipinski definition) is 7. The number of unbranched alkanes of at least 4 members (excludes halogenated alkanes) is 6. The molecule has 0 bridgehead atoms. The highest BCUT2D eigenvalue weighted by atomic mass is 79.9. The maximum atomic E-state index is 14.0. The summed E-state index contributed by atoms with van der Waals surface area (Å²) in [5, 5.41) is 44.7. The van der Waals surface area contributed by atoms with Crippen LogP contribution in [0.2, 0.25) is 0 Å². The zero-order valence-electron chi connectivity index (χ0n) is 44.7. The summed E-state index contributed by atoms with van der Waals surface area (Å²) in [7, 11) is -2.26. The van der Waals surface area contributed by atoms with E-state index >= 15 is 0 Å². The van der Waals surface area contributed by atoms with E-state index in [0.717, 1.165) is 96.6 Å². The third-order valence-corrected chi connectivity index (χ3v) is 18.6. The quantitative estimate of drug-likeness (QED) is 0.0259. The molecule has 6 rings (SSSR count). The van der Waals surface area contributed by atoms with Crippen LogP contribution in [-0.2, 0) is 38.4 Å². The van der Waals surface area contributed by atoms with Crippen LogP contribution in [0.5, 0.6) is 0 Å². The second-order valence-electron chi connectivity index (χ2n) is 19.9. The number of benzene rings is 6. The van der Waals surface area contributed by atoms with E-state index in [9.17, 15) is 35.0 Å². The second kappa shape index (κ2) is 33.7. The molecule has 6 aromatic carbocycles. The molecule has 0 unspecified atom stereocenters. The third kappa shape index (κ3) is 20.2. The summed E-state index contributed by atoms with van der Waals surface area (Å²) in [6.45, 7) is 0.0494. The van der Waals surface area contributed by atoms with E-state index in [0.29, 0.717) is 42.4 Å². The minimum absolute atomic E-state index is 0. The first-order valence-corrected chi connectivity index (χ1v) is 29.2. The number of amides is 4. The van der Waals surface area contributed by atoms with Crippen LogP contribution < -0.4 is 54.2 Å². The summed E-state index contributed by atoms with van der Waals surface area (Å²) >= 11 is 0. The standard InChI is InChI=1S/C65H72N7O4P.BrH/c66-46-55-33-39-58(40-34-55)77(59-41-35-56(47-67)36-42-59,60-43-37-57(48-68)38-44-60)45-16-5-3-1-2-4-15-29-64(76)72-65(49-69-61(73)30-17-26-52-20-9-6-10-21-52,50-70-62(74)31-18-27-53-22-11-7-12-23-53)51-71-63(75)32-19-28-54-24-13-8-14-25-54;/h6-14,20-25,33-44H,1-5,15-19,26-32,45,49-51H2,(H3-,69,70,71,72,73,74,75,76);1H. The molecular weight excluding hydrogens is 1050 g/mol. The number of carbonyl (C=O) groups is 4. The van der Waals surface area contributed by atoms with Crippen molar-refractivity contribution in [2.45, 2.75) is 115 Å². The van der Waals surface area contributed by atoms with Gasteiger partial charge in [-0.15, -0.1) is 0 Å². The molecule has 0 atom stereocenters. The van der Waals surface area contributed by atoms with Gasteiger partial charge in [0.15, 0.2) is 0 Å². The number of nitriles is 3. The fourth-order valence-corrected chi connectivity index (χ4v) is 14.1. The fourth-order valence-electron chi connectivity index (χ4n) is 9.76. The molecule has 6 aromatic rings. The van der Waals surface area contributed by atoms with Gasteiger partial charge in [-0.1, -0.05) is 117 Å². The molecule has 404 valence electrons. The number of rotatable bonds is 32. The Morgan fingerprint density at radius 3 is 0.987 bits per heavy atom. The van der Waals surface area contributed by atoms with Crippen LogP contribution >= 0.6 is 7.26 Å². The van der Waals surface area contributed by atoms with E-state index in [1.54, 1.807) is 0 Å². The van der Waals surface area contributed by atoms with Crippen LogP contribution in [0.15, 0.2) is 164 Å². The molecule has 0 saturated heterocycles. The van der Waals surface area contributed by atoms with Crippen LogP contribution in [0, 0.1) is 34.0 Å². The van der Waals surface area contributed by atoms with Gasteiger partial charge in [0.1, 0.15) is 23.2 Å². The number of aryl methyl sites for hydroxylation is 3. The topological polar surface area (TPSA) is 188 Å². The van der Waals surface area contributed by atoms with Crippen LogP contribution in [0.3, 0.4) is 0 Å². The normalized spacial score (nSPS) is 10.9. The molecule has 0 fully saturated rings. The molecule has 78 heavy (non-hydrogen) atoms. The second-order valence-corrected chi connectivity index (χ2v) is 23.5. The van der Waals surface area contributed by atoms with Crippen molar-refractivity contribution in [2.75, 3.05) is 25.8 Å². The maximum absolute atomic E-state index is 14.0. The molecule has 0 aliphatic rings. The Morgan fingerprint density at radius 2 is 0.667 bits per heavy atom. The lowest BCUT2D eigenvalue weighted by molar-refractivity contribution is -0.126. The first-order chi connectivity index (χ1) is 37.6. The maximum Gasteiger partial charge on any atom is 0.220 e. The number of nitrogens with zero attached hydrogens (tertiary/aromatic N) is 3. The summed E-state index contributed by atoms with van der Waals surface area (Å²) < 4.78 is 0. The van der Waals surface area contributed by atoms with Gasteiger partial charge in [-0.25, -0.2) is 0 Å². The van der Waals surface area contributed by atoms with Gasteiger partial charge in [-0.2, -0.15) is 15.8 Å². The van der Waals surface area contributed by atoms with Gasteiger partial charge >= 0.3 is 0 Å². The summed E-state index contributed by atoms with van der Waals surface area (Å²) in [4.78, 5) is 54.3. The van der Waals surface area contributed by atoms with Crippen molar-refractivity contribution >= 4 is 46.8 Å². The Hall–Kier alpha value is -7.42. The van der Waals surface area contributed by atoms with Crippen molar-refractivity contribution in [2.24, 2.45) is 0 Å². The number of carbonyl (C=O) groups excluding carboxylic acids is 4. The first-order valence-electron chi connectivity index (χ1n) is 27.3. The number of hydrogen-bond donors (Lipinski definition) is 4. The SMILES string of the molecule is N#Cc1ccc([P+](CCCCCCCCCC(=O)NC(CNC(=O)CCCc2ccccc2)(CNC(=O)CCCc2ccccc2)CNC(=O)CCCc2ccccc2)(c2ccc(C#N)cc2)c2ccc(C#N)cc2)cc1.[Br-]. The lowest BCUT2D eigenvalue weighted by atomic mass is 9.97. The van der Waals surface area contributed by atoms with Crippen molar-refractivity contribution < 1.29 is 36.2 Å². The molecule has 0 aliphatic carbocycles. The van der Waals surface area contributed by atoms with Crippen LogP contribution in [0.25, 0.3) is 0 Å². The summed E-state index contributed by atoms with van der Waals surface area (Å²) in [5.41, 5.74) is 4.00. The van der Waals surface area contributed by atoms with Gasteiger partial charge in [-0.05, 0) is 147 Å². The molecule has 0 saturated carbocycles. The molecule has 4 N–H and O–H groups in total. The van der Waals surface area contributed by atoms with Crippen LogP contribution in [-0.4, -0.2) is 55.0 Å². The summed E-state index contributed by atoms with van der Waals surface area (Å²) in [5.74, 6) is -0.733. The van der Waals surface area contributed by atoms with Crippen molar-refractivity contribution in [1.29, 1.82) is 15.8 Å². The van der Waals surface area contributed by atoms with E-state index in [-0.39, 0.29) is 85.9 Å². The third-order valence-electron chi connectivity index (χ3n) is 14.1. The molecule has 0 aliphatic heterocycles. The minimum Gasteiger partial charge on any atom is -1.00 e. The minimum atomic E-state index is -2.26. The highest BCUT2D eigenvalue weighted by Gasteiger charge is 2.45. The molecular formula is C65H73BrN7O4P. The number of nitrogens with one attached hydrogen (secondary N) is 4. The van der Waals surface area contributed by atoms with E-state index in [1.807, 2.05) is 127 Å². The fraction of sp³-hybridized carbons (Fsp3) is 0.338. The monoisotopic (exact) mass is 1130 g/mol. The average Bonchev–Trinajstić information content (AvgIpc) is 3.51. The van der Waals surface area contributed by atoms with Crippen molar-refractivity contribution in [3.63, 3.8) is 0 Å². The van der Waals surface area contributed by atoms with Gasteiger partial charge < -0.3 is 38.2 Å². The van der Waals surface area contributed by atoms with E-state index in [4.69, 9.17) is 0 Å². The first kappa shape index (κ1) is 61.4. The van der Waals surface area contributed by atoms with Gasteiger partial charge in [0.2, 0.25) is 23.6 Å². The Labute approximate surface area is 473 Å². The van der Waals surface area contributed by atoms with Gasteiger partial charge in [0.25, 0.3) is 0 Å². The molecule has 11 nitrogen and oxygen atoms in total. The molecule has 0 radical (unpaired) electrons. The van der Waals surface area contributed by atoms with Crippen molar-refractivity contribution in [1.82, 2.24) is 21.3 Å². The smallest absolute Gasteiger partial charge is 0.220 e. The van der Waals surface area contributed by atoms with Crippen molar-refractivity contribution in [3.05, 3.63) is 197 Å². The Bertz CT molecular complexity index is 2610. The van der Waals surface area contributed by atoms with Crippen LogP contribution in [0.4, 0.5) is 0 Å². The van der Waals surface area contributed by atoms with Crippen LogP contribution in [0.1, 0.15) is 123 Å². The molecule has 0 heterocycles. The highest BCUT2D eigenvalue weighted by molar-refractivity contribution is 7.95. The zero-order valence-corrected chi connectivity index (χ0v) is 47.2. The molecule has 13 heteroatoms.